The number of hydrogen-bond donors (Lipinski definition) is 1. The van der Waals surface area contributed by atoms with E-state index in [0.29, 0.717) is 19.4 Å². The zero-order chi connectivity index (χ0) is 13.0. The molecule has 18 heavy (non-hydrogen) atoms. The van der Waals surface area contributed by atoms with Gasteiger partial charge in [0.25, 0.3) is 0 Å². The first-order chi connectivity index (χ1) is 8.67. The van der Waals surface area contributed by atoms with Crippen LogP contribution in [0.2, 0.25) is 0 Å². The number of ketones is 1. The maximum Gasteiger partial charge on any atom is 0.139 e. The first kappa shape index (κ1) is 13.2. The largest absolute Gasteiger partial charge is 0.330 e. The molecule has 2 rings (SSSR count). The van der Waals surface area contributed by atoms with Gasteiger partial charge < -0.3 is 5.73 Å². The molecule has 3 nitrogen and oxygen atoms in total. The van der Waals surface area contributed by atoms with Crippen molar-refractivity contribution in [2.24, 2.45) is 11.1 Å². The first-order valence-electron chi connectivity index (χ1n) is 6.83. The van der Waals surface area contributed by atoms with E-state index in [-0.39, 0.29) is 11.2 Å². The van der Waals surface area contributed by atoms with Gasteiger partial charge in [-0.3, -0.25) is 9.78 Å². The molecule has 0 spiro atoms. The summed E-state index contributed by atoms with van der Waals surface area (Å²) in [6, 6.07) is 4.02. The van der Waals surface area contributed by atoms with Gasteiger partial charge >= 0.3 is 0 Å². The molecule has 0 unspecified atom stereocenters. The van der Waals surface area contributed by atoms with Crippen molar-refractivity contribution in [3.05, 3.63) is 29.6 Å². The highest BCUT2D eigenvalue weighted by atomic mass is 16.1. The van der Waals surface area contributed by atoms with Crippen LogP contribution in [-0.4, -0.2) is 17.3 Å². The Morgan fingerprint density at radius 3 is 2.67 bits per heavy atom. The Balaban J connectivity index is 1.90. The van der Waals surface area contributed by atoms with E-state index in [4.69, 9.17) is 5.73 Å². The molecule has 1 aliphatic carbocycles. The van der Waals surface area contributed by atoms with Crippen molar-refractivity contribution in [3.8, 4) is 0 Å². The van der Waals surface area contributed by atoms with E-state index in [1.807, 2.05) is 12.3 Å². The third kappa shape index (κ3) is 2.96. The summed E-state index contributed by atoms with van der Waals surface area (Å²) < 4.78 is 0. The molecule has 98 valence electrons. The summed E-state index contributed by atoms with van der Waals surface area (Å²) in [6.45, 7) is 2.74. The van der Waals surface area contributed by atoms with Gasteiger partial charge in [0.05, 0.1) is 0 Å². The number of pyridine rings is 1. The minimum atomic E-state index is 0.112. The quantitative estimate of drug-likeness (QED) is 0.837. The standard InChI is InChI=1S/C15H22N2O/c1-2-12-4-5-13(17-10-12)8-14(18)9-15(11-16)6-3-7-15/h4-5,10H,2-3,6-9,11,16H2,1H3. The van der Waals surface area contributed by atoms with Gasteiger partial charge in [0.2, 0.25) is 0 Å². The van der Waals surface area contributed by atoms with Gasteiger partial charge in [0.1, 0.15) is 5.78 Å². The summed E-state index contributed by atoms with van der Waals surface area (Å²) in [7, 11) is 0. The average molecular weight is 246 g/mol. The average Bonchev–Trinajstić information content (AvgIpc) is 2.35. The lowest BCUT2D eigenvalue weighted by molar-refractivity contribution is -0.122. The van der Waals surface area contributed by atoms with Crippen molar-refractivity contribution in [3.63, 3.8) is 0 Å². The predicted octanol–water partition coefficient (Wildman–Crippen LogP) is 2.27. The normalized spacial score (nSPS) is 17.2. The molecule has 0 radical (unpaired) electrons. The molecule has 1 fully saturated rings. The van der Waals surface area contributed by atoms with E-state index in [2.05, 4.69) is 18.0 Å². The van der Waals surface area contributed by atoms with Crippen molar-refractivity contribution in [2.75, 3.05) is 6.54 Å². The van der Waals surface area contributed by atoms with Crippen LogP contribution < -0.4 is 5.73 Å². The topological polar surface area (TPSA) is 56.0 Å². The van der Waals surface area contributed by atoms with Gasteiger partial charge in [-0.25, -0.2) is 0 Å². The third-order valence-corrected chi connectivity index (χ3v) is 4.09. The summed E-state index contributed by atoms with van der Waals surface area (Å²) in [5.74, 6) is 0.275. The molecule has 0 aliphatic heterocycles. The number of nitrogens with two attached hydrogens (primary N) is 1. The number of hydrogen-bond acceptors (Lipinski definition) is 3. The van der Waals surface area contributed by atoms with Crippen LogP contribution in [0.1, 0.15) is 43.9 Å². The van der Waals surface area contributed by atoms with E-state index in [1.54, 1.807) is 0 Å². The fraction of sp³-hybridized carbons (Fsp3) is 0.600. The molecular weight excluding hydrogens is 224 g/mol. The Kier molecular flexibility index (Phi) is 4.12. The molecule has 1 aromatic heterocycles. The summed E-state index contributed by atoms with van der Waals surface area (Å²) in [6.07, 6.45) is 7.36. The SMILES string of the molecule is CCc1ccc(CC(=O)CC2(CN)CCC2)nc1. The number of aromatic nitrogens is 1. The summed E-state index contributed by atoms with van der Waals surface area (Å²) in [5, 5.41) is 0. The van der Waals surface area contributed by atoms with E-state index in [1.165, 1.54) is 12.0 Å². The third-order valence-electron chi connectivity index (χ3n) is 4.09. The smallest absolute Gasteiger partial charge is 0.139 e. The van der Waals surface area contributed by atoms with Crippen molar-refractivity contribution < 1.29 is 4.79 Å². The fourth-order valence-electron chi connectivity index (χ4n) is 2.58. The van der Waals surface area contributed by atoms with Crippen LogP contribution in [0.25, 0.3) is 0 Å². The zero-order valence-electron chi connectivity index (χ0n) is 11.1. The molecule has 1 aliphatic rings. The Hall–Kier alpha value is -1.22. The number of aryl methyl sites for hydroxylation is 1. The molecule has 0 amide bonds. The zero-order valence-corrected chi connectivity index (χ0v) is 11.1. The maximum atomic E-state index is 12.0. The van der Waals surface area contributed by atoms with Crippen LogP contribution in [-0.2, 0) is 17.6 Å². The maximum absolute atomic E-state index is 12.0. The Bertz CT molecular complexity index is 401. The highest BCUT2D eigenvalue weighted by molar-refractivity contribution is 5.81. The van der Waals surface area contributed by atoms with Crippen LogP contribution >= 0.6 is 0 Å². The lowest BCUT2D eigenvalue weighted by atomic mass is 9.66. The van der Waals surface area contributed by atoms with E-state index >= 15 is 0 Å². The molecule has 0 bridgehead atoms. The first-order valence-corrected chi connectivity index (χ1v) is 6.83. The molecule has 1 aromatic rings. The summed E-state index contributed by atoms with van der Waals surface area (Å²) in [4.78, 5) is 16.4. The summed E-state index contributed by atoms with van der Waals surface area (Å²) in [5.41, 5.74) is 7.98. The molecule has 2 N–H and O–H groups in total. The van der Waals surface area contributed by atoms with Crippen LogP contribution in [0.3, 0.4) is 0 Å². The highest BCUT2D eigenvalue weighted by Gasteiger charge is 2.37. The number of carbonyl (C=O) groups is 1. The fourth-order valence-corrected chi connectivity index (χ4v) is 2.58. The molecule has 0 atom stereocenters. The lowest BCUT2D eigenvalue weighted by Gasteiger charge is -2.40. The molecule has 0 saturated heterocycles. The number of nitrogens with zero attached hydrogens (tertiary/aromatic N) is 1. The number of carbonyl (C=O) groups excluding carboxylic acids is 1. The van der Waals surface area contributed by atoms with Gasteiger partial charge in [0, 0.05) is 24.7 Å². The molecular formula is C15H22N2O. The van der Waals surface area contributed by atoms with Crippen molar-refractivity contribution in [1.29, 1.82) is 0 Å². The number of Topliss-reactive ketones (excluding diaryl/α,β-unsaturated/α-hetero) is 1. The van der Waals surface area contributed by atoms with Crippen LogP contribution in [0, 0.1) is 5.41 Å². The second-order valence-electron chi connectivity index (χ2n) is 5.46. The Morgan fingerprint density at radius 2 is 2.22 bits per heavy atom. The minimum absolute atomic E-state index is 0.112. The minimum Gasteiger partial charge on any atom is -0.330 e. The van der Waals surface area contributed by atoms with Crippen LogP contribution in [0.4, 0.5) is 0 Å². The molecule has 1 saturated carbocycles. The van der Waals surface area contributed by atoms with E-state index in [9.17, 15) is 4.79 Å². The molecule has 0 aromatic carbocycles. The van der Waals surface area contributed by atoms with Crippen LogP contribution in [0.5, 0.6) is 0 Å². The predicted molar refractivity (Wildman–Crippen MR) is 72.3 cm³/mol. The molecule has 3 heteroatoms. The van der Waals surface area contributed by atoms with Crippen molar-refractivity contribution in [2.45, 2.75) is 45.4 Å². The van der Waals surface area contributed by atoms with Gasteiger partial charge in [-0.1, -0.05) is 19.4 Å². The van der Waals surface area contributed by atoms with Crippen molar-refractivity contribution in [1.82, 2.24) is 4.98 Å². The monoisotopic (exact) mass is 246 g/mol. The second kappa shape index (κ2) is 5.61. The summed E-state index contributed by atoms with van der Waals surface area (Å²) >= 11 is 0. The van der Waals surface area contributed by atoms with Crippen LogP contribution in [0.15, 0.2) is 18.3 Å². The van der Waals surface area contributed by atoms with E-state index < -0.39 is 0 Å². The van der Waals surface area contributed by atoms with Gasteiger partial charge in [-0.15, -0.1) is 0 Å². The lowest BCUT2D eigenvalue weighted by Crippen LogP contribution is -2.39. The molecule has 1 heterocycles. The Morgan fingerprint density at radius 1 is 1.44 bits per heavy atom. The second-order valence-corrected chi connectivity index (χ2v) is 5.46. The Labute approximate surface area is 109 Å². The van der Waals surface area contributed by atoms with Gasteiger partial charge in [0.15, 0.2) is 0 Å². The van der Waals surface area contributed by atoms with Crippen molar-refractivity contribution >= 4 is 5.78 Å². The number of rotatable bonds is 6. The van der Waals surface area contributed by atoms with E-state index in [0.717, 1.165) is 25.0 Å². The van der Waals surface area contributed by atoms with Gasteiger partial charge in [-0.2, -0.15) is 0 Å². The highest BCUT2D eigenvalue weighted by Crippen LogP contribution is 2.43. The van der Waals surface area contributed by atoms with Gasteiger partial charge in [-0.05, 0) is 42.9 Å².